The Bertz CT molecular complexity index is 348. The van der Waals surface area contributed by atoms with Crippen molar-refractivity contribution in [2.75, 3.05) is 6.54 Å². The summed E-state index contributed by atoms with van der Waals surface area (Å²) in [6.45, 7) is 5.08. The van der Waals surface area contributed by atoms with Crippen LogP contribution in [0.1, 0.15) is 39.5 Å². The minimum Gasteiger partial charge on any atom is -0.409 e. The van der Waals surface area contributed by atoms with Gasteiger partial charge < -0.3 is 15.8 Å². The zero-order chi connectivity index (χ0) is 12.6. The number of likely N-dealkylation sites (tertiary alicyclic amines) is 1. The Morgan fingerprint density at radius 1 is 1.53 bits per heavy atom. The van der Waals surface area contributed by atoms with Crippen molar-refractivity contribution < 1.29 is 10.0 Å². The van der Waals surface area contributed by atoms with Crippen LogP contribution in [-0.2, 0) is 4.79 Å². The first kappa shape index (κ1) is 12.2. The molecule has 96 valence electrons. The van der Waals surface area contributed by atoms with Gasteiger partial charge in [0.1, 0.15) is 5.41 Å². The van der Waals surface area contributed by atoms with Gasteiger partial charge >= 0.3 is 0 Å². The van der Waals surface area contributed by atoms with E-state index in [2.05, 4.69) is 19.0 Å². The normalized spacial score (nSPS) is 27.6. The van der Waals surface area contributed by atoms with Crippen molar-refractivity contribution >= 4 is 11.7 Å². The molecule has 0 radical (unpaired) electrons. The SMILES string of the molecule is CC(C)C1CCCN1C(=O)C1(C(N)=NO)CC1. The fraction of sp³-hybridized carbons (Fsp3) is 0.833. The van der Waals surface area contributed by atoms with Gasteiger partial charge in [0.2, 0.25) is 5.91 Å². The summed E-state index contributed by atoms with van der Waals surface area (Å²) in [5.41, 5.74) is 4.97. The average Bonchev–Trinajstić information content (AvgIpc) is 2.97. The fourth-order valence-electron chi connectivity index (χ4n) is 2.81. The Morgan fingerprint density at radius 3 is 2.65 bits per heavy atom. The second kappa shape index (κ2) is 4.20. The van der Waals surface area contributed by atoms with Crippen LogP contribution < -0.4 is 5.73 Å². The van der Waals surface area contributed by atoms with E-state index in [1.54, 1.807) is 0 Å². The van der Waals surface area contributed by atoms with Crippen molar-refractivity contribution in [2.45, 2.75) is 45.6 Å². The summed E-state index contributed by atoms with van der Waals surface area (Å²) in [4.78, 5) is 14.4. The van der Waals surface area contributed by atoms with E-state index in [9.17, 15) is 4.79 Å². The summed E-state index contributed by atoms with van der Waals surface area (Å²) < 4.78 is 0. The molecule has 5 heteroatoms. The molecular weight excluding hydrogens is 218 g/mol. The number of hydrogen-bond donors (Lipinski definition) is 2. The Balaban J connectivity index is 2.15. The molecule has 0 aromatic heterocycles. The third kappa shape index (κ3) is 1.87. The van der Waals surface area contributed by atoms with Crippen LogP contribution in [0.5, 0.6) is 0 Å². The molecule has 0 aromatic rings. The molecule has 1 aliphatic heterocycles. The summed E-state index contributed by atoms with van der Waals surface area (Å²) in [7, 11) is 0. The third-order valence-corrected chi connectivity index (χ3v) is 4.09. The van der Waals surface area contributed by atoms with Gasteiger partial charge in [-0.15, -0.1) is 0 Å². The van der Waals surface area contributed by atoms with Crippen LogP contribution in [0.2, 0.25) is 0 Å². The monoisotopic (exact) mass is 239 g/mol. The molecule has 0 aromatic carbocycles. The van der Waals surface area contributed by atoms with E-state index >= 15 is 0 Å². The molecule has 0 bridgehead atoms. The first-order chi connectivity index (χ1) is 8.03. The van der Waals surface area contributed by atoms with Gasteiger partial charge in [0.15, 0.2) is 5.84 Å². The minimum absolute atomic E-state index is 0.0593. The van der Waals surface area contributed by atoms with Gasteiger partial charge in [0.05, 0.1) is 0 Å². The maximum absolute atomic E-state index is 12.5. The lowest BCUT2D eigenvalue weighted by Crippen LogP contribution is -2.47. The van der Waals surface area contributed by atoms with Gasteiger partial charge in [-0.05, 0) is 31.6 Å². The van der Waals surface area contributed by atoms with Gasteiger partial charge in [-0.25, -0.2) is 0 Å². The highest BCUT2D eigenvalue weighted by Gasteiger charge is 2.57. The molecule has 2 fully saturated rings. The molecule has 1 unspecified atom stereocenters. The Morgan fingerprint density at radius 2 is 2.18 bits per heavy atom. The van der Waals surface area contributed by atoms with Gasteiger partial charge in [-0.3, -0.25) is 4.79 Å². The quantitative estimate of drug-likeness (QED) is 0.336. The molecule has 1 aliphatic carbocycles. The fourth-order valence-corrected chi connectivity index (χ4v) is 2.81. The van der Waals surface area contributed by atoms with E-state index in [-0.39, 0.29) is 11.7 Å². The average molecular weight is 239 g/mol. The lowest BCUT2D eigenvalue weighted by atomic mass is 9.98. The summed E-state index contributed by atoms with van der Waals surface area (Å²) >= 11 is 0. The predicted molar refractivity (Wildman–Crippen MR) is 64.6 cm³/mol. The number of carbonyl (C=O) groups is 1. The summed E-state index contributed by atoms with van der Waals surface area (Å²) in [6.07, 6.45) is 3.54. The maximum Gasteiger partial charge on any atom is 0.236 e. The van der Waals surface area contributed by atoms with E-state index in [0.717, 1.165) is 19.4 Å². The number of carbonyl (C=O) groups excluding carboxylic acids is 1. The molecule has 1 atom stereocenters. The van der Waals surface area contributed by atoms with Crippen LogP contribution in [0.15, 0.2) is 5.16 Å². The smallest absolute Gasteiger partial charge is 0.236 e. The minimum atomic E-state index is -0.688. The maximum atomic E-state index is 12.5. The molecule has 2 rings (SSSR count). The van der Waals surface area contributed by atoms with E-state index in [4.69, 9.17) is 10.9 Å². The largest absolute Gasteiger partial charge is 0.409 e. The van der Waals surface area contributed by atoms with Crippen molar-refractivity contribution in [3.63, 3.8) is 0 Å². The molecular formula is C12H21N3O2. The number of amidine groups is 1. The highest BCUT2D eigenvalue weighted by molar-refractivity contribution is 6.09. The van der Waals surface area contributed by atoms with Gasteiger partial charge in [0.25, 0.3) is 0 Å². The molecule has 3 N–H and O–H groups in total. The number of nitrogens with zero attached hydrogens (tertiary/aromatic N) is 2. The van der Waals surface area contributed by atoms with E-state index in [0.29, 0.717) is 24.8 Å². The zero-order valence-corrected chi connectivity index (χ0v) is 10.5. The predicted octanol–water partition coefficient (Wildman–Crippen LogP) is 1.16. The molecule has 1 heterocycles. The highest BCUT2D eigenvalue weighted by Crippen LogP contribution is 2.48. The van der Waals surface area contributed by atoms with Crippen LogP contribution >= 0.6 is 0 Å². The topological polar surface area (TPSA) is 78.9 Å². The van der Waals surface area contributed by atoms with E-state index in [1.165, 1.54) is 0 Å². The van der Waals surface area contributed by atoms with Crippen LogP contribution in [-0.4, -0.2) is 34.4 Å². The summed E-state index contributed by atoms with van der Waals surface area (Å²) in [6, 6.07) is 0.312. The number of rotatable bonds is 3. The van der Waals surface area contributed by atoms with Crippen molar-refractivity contribution in [1.29, 1.82) is 0 Å². The lowest BCUT2D eigenvalue weighted by Gasteiger charge is -2.30. The molecule has 17 heavy (non-hydrogen) atoms. The number of nitrogens with two attached hydrogens (primary N) is 1. The standard InChI is InChI=1S/C12H21N3O2/c1-8(2)9-4-3-7-15(9)11(16)12(5-6-12)10(13)14-17/h8-9,17H,3-7H2,1-2H3,(H2,13,14). The first-order valence-electron chi connectivity index (χ1n) is 6.32. The number of hydrogen-bond acceptors (Lipinski definition) is 3. The molecule has 2 aliphatic rings. The van der Waals surface area contributed by atoms with Crippen molar-refractivity contribution in [1.82, 2.24) is 4.90 Å². The van der Waals surface area contributed by atoms with Crippen molar-refractivity contribution in [2.24, 2.45) is 22.2 Å². The summed E-state index contributed by atoms with van der Waals surface area (Å²) in [5.74, 6) is 0.602. The van der Waals surface area contributed by atoms with Gasteiger partial charge in [0, 0.05) is 12.6 Å². The first-order valence-corrected chi connectivity index (χ1v) is 6.32. The van der Waals surface area contributed by atoms with E-state index < -0.39 is 5.41 Å². The third-order valence-electron chi connectivity index (χ3n) is 4.09. The molecule has 1 saturated heterocycles. The van der Waals surface area contributed by atoms with E-state index in [1.807, 2.05) is 4.90 Å². The highest BCUT2D eigenvalue weighted by atomic mass is 16.4. The van der Waals surface area contributed by atoms with Crippen LogP contribution in [0, 0.1) is 11.3 Å². The van der Waals surface area contributed by atoms with Gasteiger partial charge in [-0.2, -0.15) is 0 Å². The summed E-state index contributed by atoms with van der Waals surface area (Å²) in [5, 5.41) is 11.8. The van der Waals surface area contributed by atoms with Crippen LogP contribution in [0.4, 0.5) is 0 Å². The van der Waals surface area contributed by atoms with Gasteiger partial charge in [-0.1, -0.05) is 19.0 Å². The number of amides is 1. The lowest BCUT2D eigenvalue weighted by molar-refractivity contribution is -0.136. The van der Waals surface area contributed by atoms with Crippen molar-refractivity contribution in [3.8, 4) is 0 Å². The molecule has 0 spiro atoms. The zero-order valence-electron chi connectivity index (χ0n) is 10.5. The number of oxime groups is 1. The Kier molecular flexibility index (Phi) is 3.02. The van der Waals surface area contributed by atoms with Crippen molar-refractivity contribution in [3.05, 3.63) is 0 Å². The second-order valence-corrected chi connectivity index (χ2v) is 5.52. The molecule has 1 saturated carbocycles. The Hall–Kier alpha value is -1.26. The second-order valence-electron chi connectivity index (χ2n) is 5.52. The molecule has 5 nitrogen and oxygen atoms in total. The van der Waals surface area contributed by atoms with Crippen LogP contribution in [0.25, 0.3) is 0 Å². The van der Waals surface area contributed by atoms with Crippen LogP contribution in [0.3, 0.4) is 0 Å². The Labute approximate surface area is 102 Å². The molecule has 1 amide bonds.